The Morgan fingerprint density at radius 2 is 2.08 bits per heavy atom. The molecule has 0 radical (unpaired) electrons. The van der Waals surface area contributed by atoms with Crippen LogP contribution in [-0.2, 0) is 26.6 Å². The van der Waals surface area contributed by atoms with Crippen molar-refractivity contribution in [1.29, 1.82) is 0 Å². The third-order valence-corrected chi connectivity index (χ3v) is 8.56. The van der Waals surface area contributed by atoms with Crippen molar-refractivity contribution >= 4 is 23.0 Å². The number of hydrogen-bond acceptors (Lipinski definition) is 4. The first-order valence-corrected chi connectivity index (χ1v) is 14.0. The lowest BCUT2D eigenvalue weighted by atomic mass is 9.94. The van der Waals surface area contributed by atoms with Gasteiger partial charge in [-0.2, -0.15) is 5.10 Å². The first kappa shape index (κ1) is 24.3. The molecule has 1 saturated carbocycles. The summed E-state index contributed by atoms with van der Waals surface area (Å²) in [5.74, 6) is -0.208. The lowest BCUT2D eigenvalue weighted by Crippen LogP contribution is -2.29. The number of benzene rings is 1. The fourth-order valence-corrected chi connectivity index (χ4v) is 6.32. The SMILES string of the molecule is CCc1cnccc1-c1cc(C(=O)N2Cc3cnn(C)c3C2)cc2c(F)c([C@@H]3CCCNC3)n(C=C3CC3)c12. The summed E-state index contributed by atoms with van der Waals surface area (Å²) in [5.41, 5.74) is 8.51. The summed E-state index contributed by atoms with van der Waals surface area (Å²) >= 11 is 0. The zero-order valence-corrected chi connectivity index (χ0v) is 22.5. The Morgan fingerprint density at radius 1 is 1.21 bits per heavy atom. The van der Waals surface area contributed by atoms with Gasteiger partial charge in [0, 0.05) is 66.7 Å². The number of rotatable bonds is 5. The Hall–Kier alpha value is -3.78. The van der Waals surface area contributed by atoms with E-state index in [0.29, 0.717) is 24.0 Å². The summed E-state index contributed by atoms with van der Waals surface area (Å²) in [7, 11) is 1.90. The number of pyridine rings is 1. The van der Waals surface area contributed by atoms with Crippen LogP contribution < -0.4 is 5.32 Å². The molecular weight excluding hydrogens is 491 g/mol. The third-order valence-electron chi connectivity index (χ3n) is 8.56. The highest BCUT2D eigenvalue weighted by Crippen LogP contribution is 2.42. The first-order valence-electron chi connectivity index (χ1n) is 14.0. The van der Waals surface area contributed by atoms with Gasteiger partial charge in [-0.25, -0.2) is 4.39 Å². The first-order chi connectivity index (χ1) is 19.0. The molecule has 8 heteroatoms. The number of halogens is 1. The topological polar surface area (TPSA) is 68.0 Å². The highest BCUT2D eigenvalue weighted by atomic mass is 19.1. The number of hydrogen-bond donors (Lipinski definition) is 1. The van der Waals surface area contributed by atoms with Crippen LogP contribution in [0.15, 0.2) is 42.4 Å². The molecule has 1 N–H and O–H groups in total. The fraction of sp³-hybridized carbons (Fsp3) is 0.387. The monoisotopic (exact) mass is 524 g/mol. The van der Waals surface area contributed by atoms with Crippen molar-refractivity contribution in [3.05, 3.63) is 76.3 Å². The predicted molar refractivity (Wildman–Crippen MR) is 150 cm³/mol. The van der Waals surface area contributed by atoms with Crippen molar-refractivity contribution in [2.75, 3.05) is 13.1 Å². The van der Waals surface area contributed by atoms with Gasteiger partial charge in [0.25, 0.3) is 5.91 Å². The maximum Gasteiger partial charge on any atom is 0.254 e. The van der Waals surface area contributed by atoms with Crippen LogP contribution in [0.1, 0.15) is 71.4 Å². The van der Waals surface area contributed by atoms with Crippen molar-refractivity contribution in [2.45, 2.75) is 58.0 Å². The van der Waals surface area contributed by atoms with E-state index in [9.17, 15) is 4.79 Å². The van der Waals surface area contributed by atoms with Crippen LogP contribution >= 0.6 is 0 Å². The van der Waals surface area contributed by atoms with E-state index in [4.69, 9.17) is 0 Å². The third kappa shape index (κ3) is 4.09. The van der Waals surface area contributed by atoms with Crippen molar-refractivity contribution in [3.8, 4) is 11.1 Å². The molecule has 3 aliphatic rings. The smallest absolute Gasteiger partial charge is 0.254 e. The molecule has 3 aromatic heterocycles. The Balaban J connectivity index is 1.45. The molecule has 0 unspecified atom stereocenters. The van der Waals surface area contributed by atoms with Crippen molar-refractivity contribution in [3.63, 3.8) is 0 Å². The molecule has 0 spiro atoms. The molecule has 0 bridgehead atoms. The van der Waals surface area contributed by atoms with E-state index in [2.05, 4.69) is 33.1 Å². The van der Waals surface area contributed by atoms with E-state index in [1.54, 1.807) is 12.3 Å². The summed E-state index contributed by atoms with van der Waals surface area (Å²) in [5, 5.41) is 8.31. The average Bonchev–Trinajstić information content (AvgIpc) is 3.48. The summed E-state index contributed by atoms with van der Waals surface area (Å²) in [4.78, 5) is 20.1. The molecule has 2 fully saturated rings. The summed E-state index contributed by atoms with van der Waals surface area (Å²) in [6, 6.07) is 5.76. The number of nitrogens with zero attached hydrogens (tertiary/aromatic N) is 5. The van der Waals surface area contributed by atoms with Crippen molar-refractivity contribution in [2.24, 2.45) is 7.05 Å². The van der Waals surface area contributed by atoms with Gasteiger partial charge in [-0.15, -0.1) is 0 Å². The maximum atomic E-state index is 16.6. The molecular formula is C31H33FN6O. The van der Waals surface area contributed by atoms with Crippen LogP contribution in [0, 0.1) is 5.82 Å². The van der Waals surface area contributed by atoms with Gasteiger partial charge in [-0.1, -0.05) is 12.5 Å². The quantitative estimate of drug-likeness (QED) is 0.380. The van der Waals surface area contributed by atoms with Gasteiger partial charge in [0.2, 0.25) is 0 Å². The summed E-state index contributed by atoms with van der Waals surface area (Å²) in [6.45, 7) is 4.84. The number of piperidine rings is 1. The molecule has 1 aliphatic carbocycles. The van der Waals surface area contributed by atoms with Gasteiger partial charge in [0.15, 0.2) is 5.82 Å². The lowest BCUT2D eigenvalue weighted by molar-refractivity contribution is 0.0748. The zero-order valence-electron chi connectivity index (χ0n) is 22.5. The number of allylic oxidation sites excluding steroid dienone is 1. The van der Waals surface area contributed by atoms with Gasteiger partial charge in [0.1, 0.15) is 0 Å². The minimum absolute atomic E-state index is 0.0809. The van der Waals surface area contributed by atoms with E-state index in [1.807, 2.05) is 41.2 Å². The van der Waals surface area contributed by atoms with Gasteiger partial charge >= 0.3 is 0 Å². The molecule has 1 saturated heterocycles. The van der Waals surface area contributed by atoms with Gasteiger partial charge in [-0.05, 0) is 68.0 Å². The summed E-state index contributed by atoms with van der Waals surface area (Å²) < 4.78 is 20.6. The second-order valence-electron chi connectivity index (χ2n) is 11.1. The Labute approximate surface area is 227 Å². The standard InChI is InChI=1S/C31H33FN6O/c1-3-20-13-34-10-8-24(20)25-11-22(31(39)37-17-23-15-35-36(2)27(23)18-37)12-26-28(32)29(21-5-4-9-33-14-21)38(30(25)26)16-19-6-7-19/h8,10-13,15-16,21,33H,3-7,9,14,17-18H2,1-2H3/t21-/m1/s1. The molecule has 5 heterocycles. The number of carbonyl (C=O) groups is 1. The molecule has 39 heavy (non-hydrogen) atoms. The maximum absolute atomic E-state index is 16.6. The van der Waals surface area contributed by atoms with Crippen LogP contribution in [0.25, 0.3) is 28.2 Å². The number of amides is 1. The Bertz CT molecular complexity index is 1630. The van der Waals surface area contributed by atoms with Crippen LogP contribution in [0.4, 0.5) is 4.39 Å². The van der Waals surface area contributed by atoms with E-state index < -0.39 is 0 Å². The normalized spacial score (nSPS) is 18.6. The van der Waals surface area contributed by atoms with Crippen molar-refractivity contribution < 1.29 is 9.18 Å². The molecule has 200 valence electrons. The molecule has 2 aliphatic heterocycles. The zero-order chi connectivity index (χ0) is 26.7. The minimum atomic E-state index is -0.201. The van der Waals surface area contributed by atoms with Crippen molar-refractivity contribution in [1.82, 2.24) is 29.5 Å². The number of nitrogens with one attached hydrogen (secondary N) is 1. The molecule has 1 amide bonds. The number of aromatic nitrogens is 4. The molecule has 4 aromatic rings. The van der Waals surface area contributed by atoms with Crippen LogP contribution in [0.5, 0.6) is 0 Å². The molecule has 1 atom stereocenters. The van der Waals surface area contributed by atoms with E-state index in [0.717, 1.165) is 84.4 Å². The molecule has 7 nitrogen and oxygen atoms in total. The average molecular weight is 525 g/mol. The van der Waals surface area contributed by atoms with E-state index in [-0.39, 0.29) is 17.6 Å². The number of carbonyl (C=O) groups excluding carboxylic acids is 1. The highest BCUT2D eigenvalue weighted by Gasteiger charge is 2.32. The lowest BCUT2D eigenvalue weighted by Gasteiger charge is -2.24. The van der Waals surface area contributed by atoms with Crippen LogP contribution in [0.2, 0.25) is 0 Å². The van der Waals surface area contributed by atoms with Gasteiger partial charge in [-0.3, -0.25) is 14.5 Å². The van der Waals surface area contributed by atoms with E-state index >= 15 is 4.39 Å². The number of aryl methyl sites for hydroxylation is 2. The van der Waals surface area contributed by atoms with Crippen LogP contribution in [-0.4, -0.2) is 43.2 Å². The second kappa shape index (κ2) is 9.45. The Kier molecular flexibility index (Phi) is 5.88. The highest BCUT2D eigenvalue weighted by molar-refractivity contribution is 6.05. The van der Waals surface area contributed by atoms with Crippen LogP contribution in [0.3, 0.4) is 0 Å². The fourth-order valence-electron chi connectivity index (χ4n) is 6.32. The predicted octanol–water partition coefficient (Wildman–Crippen LogP) is 5.40. The van der Waals surface area contributed by atoms with E-state index in [1.165, 1.54) is 5.57 Å². The minimum Gasteiger partial charge on any atom is -0.328 e. The van der Waals surface area contributed by atoms with Gasteiger partial charge in [0.05, 0.1) is 29.6 Å². The number of fused-ring (bicyclic) bond motifs is 2. The Morgan fingerprint density at radius 3 is 2.82 bits per heavy atom. The molecule has 1 aromatic carbocycles. The summed E-state index contributed by atoms with van der Waals surface area (Å²) in [6.07, 6.45) is 12.5. The second-order valence-corrected chi connectivity index (χ2v) is 11.1. The largest absolute Gasteiger partial charge is 0.328 e. The van der Waals surface area contributed by atoms with Gasteiger partial charge < -0.3 is 14.8 Å². The molecule has 7 rings (SSSR count).